The maximum atomic E-state index is 13.2. The number of hydrogen-bond acceptors (Lipinski definition) is 1. The van der Waals surface area contributed by atoms with Crippen molar-refractivity contribution in [2.75, 3.05) is 0 Å². The van der Waals surface area contributed by atoms with Crippen molar-refractivity contribution in [3.8, 4) is 0 Å². The second-order valence-electron chi connectivity index (χ2n) is 3.33. The van der Waals surface area contributed by atoms with Crippen molar-refractivity contribution in [3.63, 3.8) is 0 Å². The fraction of sp³-hybridized carbons (Fsp3) is 0.364. The minimum atomic E-state index is -0.222. The van der Waals surface area contributed by atoms with Gasteiger partial charge in [0.05, 0.1) is 0 Å². The number of halogens is 1. The molecule has 0 aliphatic heterocycles. The molecule has 0 bridgehead atoms. The second-order valence-corrected chi connectivity index (χ2v) is 3.33. The Morgan fingerprint density at radius 3 is 2.85 bits per heavy atom. The van der Waals surface area contributed by atoms with Gasteiger partial charge in [-0.25, -0.2) is 4.39 Å². The number of aryl methyl sites for hydroxylation is 1. The van der Waals surface area contributed by atoms with E-state index in [0.29, 0.717) is 12.0 Å². The van der Waals surface area contributed by atoms with Crippen LogP contribution in [-0.2, 0) is 4.79 Å². The first-order chi connectivity index (χ1) is 6.15. The molecule has 0 radical (unpaired) electrons. The SMILES string of the molecule is Cc1ccc(F)c(C(C)CC=O)c1. The van der Waals surface area contributed by atoms with Crippen LogP contribution in [0.1, 0.15) is 30.4 Å². The topological polar surface area (TPSA) is 17.1 Å². The molecule has 1 rings (SSSR count). The Kier molecular flexibility index (Phi) is 3.18. The zero-order valence-corrected chi connectivity index (χ0v) is 7.88. The lowest BCUT2D eigenvalue weighted by Crippen LogP contribution is -1.98. The maximum absolute atomic E-state index is 13.2. The van der Waals surface area contributed by atoms with Gasteiger partial charge in [-0.2, -0.15) is 0 Å². The van der Waals surface area contributed by atoms with Crippen LogP contribution in [0, 0.1) is 12.7 Å². The average Bonchev–Trinajstić information content (AvgIpc) is 2.09. The van der Waals surface area contributed by atoms with Crippen molar-refractivity contribution >= 4 is 6.29 Å². The average molecular weight is 180 g/mol. The zero-order valence-electron chi connectivity index (χ0n) is 7.88. The third-order valence-corrected chi connectivity index (χ3v) is 2.13. The van der Waals surface area contributed by atoms with Crippen LogP contribution in [0.2, 0.25) is 0 Å². The van der Waals surface area contributed by atoms with Crippen LogP contribution < -0.4 is 0 Å². The van der Waals surface area contributed by atoms with E-state index in [1.807, 2.05) is 13.8 Å². The van der Waals surface area contributed by atoms with Crippen molar-refractivity contribution in [3.05, 3.63) is 35.1 Å². The van der Waals surface area contributed by atoms with Crippen LogP contribution in [0.15, 0.2) is 18.2 Å². The van der Waals surface area contributed by atoms with Crippen molar-refractivity contribution in [1.29, 1.82) is 0 Å². The van der Waals surface area contributed by atoms with Crippen LogP contribution in [-0.4, -0.2) is 6.29 Å². The summed E-state index contributed by atoms with van der Waals surface area (Å²) in [4.78, 5) is 10.3. The van der Waals surface area contributed by atoms with Crippen LogP contribution in [0.5, 0.6) is 0 Å². The summed E-state index contributed by atoms with van der Waals surface area (Å²) in [7, 11) is 0. The summed E-state index contributed by atoms with van der Waals surface area (Å²) in [5, 5.41) is 0. The molecular weight excluding hydrogens is 167 g/mol. The minimum absolute atomic E-state index is 0.0302. The van der Waals surface area contributed by atoms with Crippen LogP contribution in [0.4, 0.5) is 4.39 Å². The van der Waals surface area contributed by atoms with Crippen LogP contribution >= 0.6 is 0 Å². The number of aldehydes is 1. The highest BCUT2D eigenvalue weighted by molar-refractivity contribution is 5.51. The molecule has 1 nitrogen and oxygen atoms in total. The fourth-order valence-electron chi connectivity index (χ4n) is 1.31. The molecule has 0 aromatic heterocycles. The first-order valence-corrected chi connectivity index (χ1v) is 4.35. The number of carbonyl (C=O) groups excluding carboxylic acids is 1. The Morgan fingerprint density at radius 1 is 1.54 bits per heavy atom. The van der Waals surface area contributed by atoms with Gasteiger partial charge in [-0.1, -0.05) is 24.6 Å². The molecule has 1 aromatic rings. The summed E-state index contributed by atoms with van der Waals surface area (Å²) in [6.07, 6.45) is 1.20. The van der Waals surface area contributed by atoms with Crippen molar-refractivity contribution < 1.29 is 9.18 Å². The first-order valence-electron chi connectivity index (χ1n) is 4.35. The summed E-state index contributed by atoms with van der Waals surface area (Å²) in [6.45, 7) is 3.77. The molecule has 70 valence electrons. The van der Waals surface area contributed by atoms with Gasteiger partial charge in [-0.05, 0) is 24.5 Å². The zero-order chi connectivity index (χ0) is 9.84. The van der Waals surface area contributed by atoms with Gasteiger partial charge < -0.3 is 4.79 Å². The molecule has 13 heavy (non-hydrogen) atoms. The summed E-state index contributed by atoms with van der Waals surface area (Å²) < 4.78 is 13.2. The van der Waals surface area contributed by atoms with E-state index in [2.05, 4.69) is 0 Å². The molecule has 0 fully saturated rings. The van der Waals surface area contributed by atoms with E-state index in [4.69, 9.17) is 0 Å². The number of rotatable bonds is 3. The first kappa shape index (κ1) is 9.90. The summed E-state index contributed by atoms with van der Waals surface area (Å²) >= 11 is 0. The summed E-state index contributed by atoms with van der Waals surface area (Å²) in [6, 6.07) is 4.97. The third kappa shape index (κ3) is 2.38. The molecule has 2 heteroatoms. The van der Waals surface area contributed by atoms with E-state index in [0.717, 1.165) is 11.8 Å². The van der Waals surface area contributed by atoms with Gasteiger partial charge in [0, 0.05) is 6.42 Å². The van der Waals surface area contributed by atoms with Gasteiger partial charge in [0.1, 0.15) is 12.1 Å². The predicted molar refractivity (Wildman–Crippen MR) is 50.2 cm³/mol. The molecule has 1 aromatic carbocycles. The Hall–Kier alpha value is -1.18. The van der Waals surface area contributed by atoms with E-state index >= 15 is 0 Å². The minimum Gasteiger partial charge on any atom is -0.303 e. The lowest BCUT2D eigenvalue weighted by molar-refractivity contribution is -0.108. The van der Waals surface area contributed by atoms with E-state index in [9.17, 15) is 9.18 Å². The molecule has 0 amide bonds. The molecule has 0 aliphatic carbocycles. The highest BCUT2D eigenvalue weighted by Crippen LogP contribution is 2.22. The molecule has 1 atom stereocenters. The molecule has 0 N–H and O–H groups in total. The van der Waals surface area contributed by atoms with E-state index in [1.54, 1.807) is 12.1 Å². The fourth-order valence-corrected chi connectivity index (χ4v) is 1.31. The Labute approximate surface area is 77.6 Å². The largest absolute Gasteiger partial charge is 0.303 e. The van der Waals surface area contributed by atoms with E-state index in [-0.39, 0.29) is 11.7 Å². The van der Waals surface area contributed by atoms with Gasteiger partial charge in [-0.15, -0.1) is 0 Å². The lowest BCUT2D eigenvalue weighted by Gasteiger charge is -2.09. The van der Waals surface area contributed by atoms with Crippen LogP contribution in [0.3, 0.4) is 0 Å². The van der Waals surface area contributed by atoms with Gasteiger partial charge >= 0.3 is 0 Å². The normalized spacial score (nSPS) is 12.5. The quantitative estimate of drug-likeness (QED) is 0.654. The number of carbonyl (C=O) groups is 1. The molecule has 0 saturated carbocycles. The molecular formula is C11H13FO. The number of benzene rings is 1. The van der Waals surface area contributed by atoms with E-state index in [1.165, 1.54) is 6.07 Å². The van der Waals surface area contributed by atoms with Crippen molar-refractivity contribution in [2.24, 2.45) is 0 Å². The standard InChI is InChI=1S/C11H13FO/c1-8-3-4-11(12)10(7-8)9(2)5-6-13/h3-4,6-7,9H,5H2,1-2H3. The van der Waals surface area contributed by atoms with Gasteiger partial charge in [0.15, 0.2) is 0 Å². The summed E-state index contributed by atoms with van der Waals surface area (Å²) in [5.74, 6) is -0.252. The molecule has 0 heterocycles. The van der Waals surface area contributed by atoms with Crippen LogP contribution in [0.25, 0.3) is 0 Å². The summed E-state index contributed by atoms with van der Waals surface area (Å²) in [5.41, 5.74) is 1.65. The van der Waals surface area contributed by atoms with Gasteiger partial charge in [-0.3, -0.25) is 0 Å². The smallest absolute Gasteiger partial charge is 0.126 e. The maximum Gasteiger partial charge on any atom is 0.126 e. The van der Waals surface area contributed by atoms with Crippen molar-refractivity contribution in [1.82, 2.24) is 0 Å². The van der Waals surface area contributed by atoms with Gasteiger partial charge in [0.25, 0.3) is 0 Å². The lowest BCUT2D eigenvalue weighted by atomic mass is 9.96. The monoisotopic (exact) mass is 180 g/mol. The van der Waals surface area contributed by atoms with Gasteiger partial charge in [0.2, 0.25) is 0 Å². The highest BCUT2D eigenvalue weighted by Gasteiger charge is 2.09. The Balaban J connectivity index is 2.97. The predicted octanol–water partition coefficient (Wildman–Crippen LogP) is 2.83. The Bertz CT molecular complexity index is 307. The highest BCUT2D eigenvalue weighted by atomic mass is 19.1. The molecule has 1 unspecified atom stereocenters. The second kappa shape index (κ2) is 4.17. The molecule has 0 spiro atoms. The molecule has 0 saturated heterocycles. The Morgan fingerprint density at radius 2 is 2.23 bits per heavy atom. The van der Waals surface area contributed by atoms with Crippen molar-refractivity contribution in [2.45, 2.75) is 26.2 Å². The van der Waals surface area contributed by atoms with E-state index < -0.39 is 0 Å². The number of hydrogen-bond donors (Lipinski definition) is 0. The third-order valence-electron chi connectivity index (χ3n) is 2.13. The molecule has 0 aliphatic rings.